The number of ether oxygens (including phenoxy) is 1. The summed E-state index contributed by atoms with van der Waals surface area (Å²) in [6.45, 7) is 2.19. The van der Waals surface area contributed by atoms with Gasteiger partial charge in [-0.25, -0.2) is 22.7 Å². The molecule has 2 aromatic rings. The Morgan fingerprint density at radius 2 is 2.05 bits per heavy atom. The maximum absolute atomic E-state index is 12.4. The molecule has 8 heteroatoms. The van der Waals surface area contributed by atoms with Gasteiger partial charge < -0.3 is 10.1 Å². The minimum Gasteiger partial charge on any atom is -0.492 e. The summed E-state index contributed by atoms with van der Waals surface area (Å²) in [7, 11) is -0.645. The lowest BCUT2D eigenvalue weighted by Crippen LogP contribution is -2.23. The van der Waals surface area contributed by atoms with Gasteiger partial charge in [0.15, 0.2) is 0 Å². The van der Waals surface area contributed by atoms with Crippen molar-refractivity contribution in [2.24, 2.45) is 0 Å². The highest BCUT2D eigenvalue weighted by atomic mass is 32.2. The lowest BCUT2D eigenvalue weighted by molar-refractivity contribution is 0.330. The molecule has 0 saturated heterocycles. The fourth-order valence-electron chi connectivity index (χ4n) is 1.77. The van der Waals surface area contributed by atoms with Gasteiger partial charge in [-0.05, 0) is 31.2 Å². The number of aromatic nitrogens is 2. The molecule has 22 heavy (non-hydrogen) atoms. The van der Waals surface area contributed by atoms with E-state index >= 15 is 0 Å². The first kappa shape index (κ1) is 16.2. The lowest BCUT2D eigenvalue weighted by Gasteiger charge is -2.16. The van der Waals surface area contributed by atoms with Crippen molar-refractivity contribution in [2.75, 3.05) is 26.0 Å². The van der Waals surface area contributed by atoms with Gasteiger partial charge in [0.1, 0.15) is 22.8 Å². The summed E-state index contributed by atoms with van der Waals surface area (Å²) in [5.41, 5.74) is 0.600. The minimum atomic E-state index is -3.61. The van der Waals surface area contributed by atoms with E-state index < -0.39 is 10.0 Å². The zero-order valence-corrected chi connectivity index (χ0v) is 13.5. The summed E-state index contributed by atoms with van der Waals surface area (Å²) >= 11 is 0. The Balaban J connectivity index is 2.43. The predicted molar refractivity (Wildman–Crippen MR) is 83.8 cm³/mol. The summed E-state index contributed by atoms with van der Waals surface area (Å²) in [5, 5.41) is 3.04. The Kier molecular flexibility index (Phi) is 4.94. The van der Waals surface area contributed by atoms with Gasteiger partial charge >= 0.3 is 0 Å². The predicted octanol–water partition coefficient (Wildman–Crippen LogP) is 1.87. The van der Waals surface area contributed by atoms with Crippen LogP contribution >= 0.6 is 0 Å². The van der Waals surface area contributed by atoms with Crippen molar-refractivity contribution in [3.8, 4) is 5.75 Å². The molecule has 0 unspecified atom stereocenters. The molecule has 0 spiro atoms. The second-order valence-corrected chi connectivity index (χ2v) is 6.72. The number of nitrogens with one attached hydrogen (secondary N) is 1. The van der Waals surface area contributed by atoms with E-state index in [0.717, 1.165) is 4.31 Å². The molecule has 118 valence electrons. The summed E-state index contributed by atoms with van der Waals surface area (Å²) < 4.78 is 31.4. The number of nitrogens with zero attached hydrogens (tertiary/aromatic N) is 3. The van der Waals surface area contributed by atoms with E-state index in [1.54, 1.807) is 31.3 Å². The van der Waals surface area contributed by atoms with E-state index in [1.165, 1.54) is 26.5 Å². The Bertz CT molecular complexity index is 733. The molecule has 7 nitrogen and oxygen atoms in total. The second kappa shape index (κ2) is 6.71. The van der Waals surface area contributed by atoms with Crippen LogP contribution in [0.3, 0.4) is 0 Å². The van der Waals surface area contributed by atoms with E-state index in [2.05, 4.69) is 15.3 Å². The van der Waals surface area contributed by atoms with Gasteiger partial charge in [0.05, 0.1) is 6.61 Å². The van der Waals surface area contributed by atoms with Crippen molar-refractivity contribution in [1.82, 2.24) is 14.3 Å². The fraction of sp³-hybridized carbons (Fsp3) is 0.286. The summed E-state index contributed by atoms with van der Waals surface area (Å²) in [6, 6.07) is 6.59. The number of anilines is 2. The average molecular weight is 322 g/mol. The van der Waals surface area contributed by atoms with Gasteiger partial charge in [-0.3, -0.25) is 0 Å². The highest BCUT2D eigenvalue weighted by molar-refractivity contribution is 7.89. The first-order valence-electron chi connectivity index (χ1n) is 6.67. The quantitative estimate of drug-likeness (QED) is 0.874. The zero-order chi connectivity index (χ0) is 16.2. The van der Waals surface area contributed by atoms with Crippen molar-refractivity contribution in [2.45, 2.75) is 11.8 Å². The molecule has 0 radical (unpaired) electrons. The summed E-state index contributed by atoms with van der Waals surface area (Å²) in [5.74, 6) is 0.900. The normalized spacial score (nSPS) is 11.5. The number of sulfonamides is 1. The third-order valence-corrected chi connectivity index (χ3v) is 4.69. The van der Waals surface area contributed by atoms with E-state index in [9.17, 15) is 8.42 Å². The Morgan fingerprint density at radius 1 is 1.27 bits per heavy atom. The van der Waals surface area contributed by atoms with E-state index in [0.29, 0.717) is 23.9 Å². The summed E-state index contributed by atoms with van der Waals surface area (Å²) in [6.07, 6.45) is 3.01. The number of hydrogen-bond donors (Lipinski definition) is 1. The third kappa shape index (κ3) is 3.52. The first-order valence-corrected chi connectivity index (χ1v) is 8.11. The molecule has 0 atom stereocenters. The van der Waals surface area contributed by atoms with Crippen molar-refractivity contribution < 1.29 is 13.2 Å². The van der Waals surface area contributed by atoms with E-state index in [4.69, 9.17) is 4.74 Å². The monoisotopic (exact) mass is 322 g/mol. The molecule has 1 N–H and O–H groups in total. The van der Waals surface area contributed by atoms with Crippen LogP contribution in [0, 0.1) is 0 Å². The van der Waals surface area contributed by atoms with Crippen LogP contribution < -0.4 is 10.1 Å². The SMILES string of the molecule is CCOc1ccc(Nc2ccncn2)cc1S(=O)(=O)N(C)C. The van der Waals surface area contributed by atoms with Crippen LogP contribution in [0.15, 0.2) is 41.7 Å². The highest BCUT2D eigenvalue weighted by Gasteiger charge is 2.23. The van der Waals surface area contributed by atoms with Crippen LogP contribution in [0.25, 0.3) is 0 Å². The van der Waals surface area contributed by atoms with Crippen LogP contribution in [0.4, 0.5) is 11.5 Å². The smallest absolute Gasteiger partial charge is 0.246 e. The molecule has 0 saturated carbocycles. The molecule has 1 aromatic heterocycles. The molecule has 0 aliphatic carbocycles. The van der Waals surface area contributed by atoms with Crippen molar-refractivity contribution >= 4 is 21.5 Å². The number of hydrogen-bond acceptors (Lipinski definition) is 6. The van der Waals surface area contributed by atoms with Crippen LogP contribution in [0.5, 0.6) is 5.75 Å². The van der Waals surface area contributed by atoms with Gasteiger partial charge in [0.2, 0.25) is 10.0 Å². The fourth-order valence-corrected chi connectivity index (χ4v) is 2.82. The van der Waals surface area contributed by atoms with Crippen LogP contribution in [-0.2, 0) is 10.0 Å². The molecule has 2 rings (SSSR count). The molecule has 1 aromatic carbocycles. The van der Waals surface area contributed by atoms with Gasteiger partial charge in [-0.15, -0.1) is 0 Å². The maximum atomic E-state index is 12.4. The van der Waals surface area contributed by atoms with Crippen molar-refractivity contribution in [3.63, 3.8) is 0 Å². The van der Waals surface area contributed by atoms with Crippen LogP contribution in [0.1, 0.15) is 6.92 Å². The van der Waals surface area contributed by atoms with Gasteiger partial charge in [-0.1, -0.05) is 0 Å². The molecule has 0 amide bonds. The van der Waals surface area contributed by atoms with Gasteiger partial charge in [0, 0.05) is 26.0 Å². The largest absolute Gasteiger partial charge is 0.492 e. The Labute approximate surface area is 130 Å². The van der Waals surface area contributed by atoms with Gasteiger partial charge in [0.25, 0.3) is 0 Å². The van der Waals surface area contributed by atoms with E-state index in [-0.39, 0.29) is 4.90 Å². The Hall–Kier alpha value is -2.19. The minimum absolute atomic E-state index is 0.110. The van der Waals surface area contributed by atoms with Crippen molar-refractivity contribution in [3.05, 3.63) is 36.8 Å². The van der Waals surface area contributed by atoms with Crippen LogP contribution in [-0.4, -0.2) is 43.4 Å². The molecular formula is C14H18N4O3S. The number of benzene rings is 1. The average Bonchev–Trinajstić information content (AvgIpc) is 2.50. The number of rotatable bonds is 6. The highest BCUT2D eigenvalue weighted by Crippen LogP contribution is 2.30. The zero-order valence-electron chi connectivity index (χ0n) is 12.6. The summed E-state index contributed by atoms with van der Waals surface area (Å²) in [4.78, 5) is 7.99. The van der Waals surface area contributed by atoms with Crippen LogP contribution in [0.2, 0.25) is 0 Å². The standard InChI is InChI=1S/C14H18N4O3S/c1-4-21-12-6-5-11(17-14-7-8-15-10-16-14)9-13(12)22(19,20)18(2)3/h5-10H,4H2,1-3H3,(H,15,16,17). The lowest BCUT2D eigenvalue weighted by atomic mass is 10.3. The van der Waals surface area contributed by atoms with Gasteiger partial charge in [-0.2, -0.15) is 0 Å². The molecule has 0 fully saturated rings. The van der Waals surface area contributed by atoms with Crippen molar-refractivity contribution in [1.29, 1.82) is 0 Å². The maximum Gasteiger partial charge on any atom is 0.246 e. The molecule has 0 aliphatic heterocycles. The molecular weight excluding hydrogens is 304 g/mol. The second-order valence-electron chi connectivity index (χ2n) is 4.60. The molecule has 1 heterocycles. The topological polar surface area (TPSA) is 84.4 Å². The van der Waals surface area contributed by atoms with E-state index in [1.807, 2.05) is 0 Å². The first-order chi connectivity index (χ1) is 10.4. The Morgan fingerprint density at radius 3 is 2.64 bits per heavy atom. The third-order valence-electron chi connectivity index (χ3n) is 2.86. The molecule has 0 aliphatic rings. The molecule has 0 bridgehead atoms.